The first-order valence-corrected chi connectivity index (χ1v) is 5.92. The van der Waals surface area contributed by atoms with Gasteiger partial charge in [-0.25, -0.2) is 13.9 Å². The van der Waals surface area contributed by atoms with Gasteiger partial charge in [0.15, 0.2) is 5.82 Å². The highest BCUT2D eigenvalue weighted by Crippen LogP contribution is 2.26. The van der Waals surface area contributed by atoms with Crippen LogP contribution in [0.25, 0.3) is 5.70 Å². The maximum atomic E-state index is 13.0. The molecule has 2 aliphatic heterocycles. The molecule has 6 nitrogen and oxygen atoms in total. The van der Waals surface area contributed by atoms with E-state index in [4.69, 9.17) is 4.84 Å². The molecule has 1 atom stereocenters. The minimum atomic E-state index is -0.403. The molecule has 100 valence electrons. The van der Waals surface area contributed by atoms with E-state index in [2.05, 4.69) is 11.7 Å². The van der Waals surface area contributed by atoms with E-state index in [0.29, 0.717) is 13.1 Å². The summed E-state index contributed by atoms with van der Waals surface area (Å²) in [5.74, 6) is -0.403. The molecule has 1 unspecified atom stereocenters. The van der Waals surface area contributed by atoms with Crippen LogP contribution in [-0.4, -0.2) is 51.5 Å². The smallest absolute Gasteiger partial charge is 0.314 e. The second-order valence-electron chi connectivity index (χ2n) is 4.40. The number of hydrogen-bond acceptors (Lipinski definition) is 3. The quantitative estimate of drug-likeness (QED) is 0.765. The fourth-order valence-corrected chi connectivity index (χ4v) is 2.27. The molecule has 3 rings (SSSR count). The first kappa shape index (κ1) is 11.9. The standard InChI is InChI=1S/C12H13FN4O2/c1-2-3-19-17-11-4-10(7-15(8-11)12(17)18)16-6-9(13)5-14-16/h2,4-6,11H,1,3,7-8H2. The molecule has 1 fully saturated rings. The molecule has 0 spiro atoms. The van der Waals surface area contributed by atoms with E-state index in [1.165, 1.54) is 15.9 Å². The molecular formula is C12H13FN4O2. The zero-order valence-corrected chi connectivity index (χ0v) is 10.2. The molecule has 19 heavy (non-hydrogen) atoms. The number of fused-ring (bicyclic) bond motifs is 2. The van der Waals surface area contributed by atoms with E-state index in [1.807, 2.05) is 6.08 Å². The second-order valence-corrected chi connectivity index (χ2v) is 4.40. The lowest BCUT2D eigenvalue weighted by Gasteiger charge is -2.21. The molecule has 1 aromatic heterocycles. The van der Waals surface area contributed by atoms with E-state index in [0.717, 1.165) is 11.9 Å². The Morgan fingerprint density at radius 2 is 2.47 bits per heavy atom. The van der Waals surface area contributed by atoms with Gasteiger partial charge in [-0.2, -0.15) is 10.2 Å². The summed E-state index contributed by atoms with van der Waals surface area (Å²) in [7, 11) is 0. The van der Waals surface area contributed by atoms with Crippen LogP contribution in [0.2, 0.25) is 0 Å². The van der Waals surface area contributed by atoms with Gasteiger partial charge in [0.25, 0.3) is 0 Å². The van der Waals surface area contributed by atoms with Gasteiger partial charge in [0.2, 0.25) is 0 Å². The third-order valence-electron chi connectivity index (χ3n) is 3.08. The molecule has 2 aliphatic rings. The Kier molecular flexibility index (Phi) is 2.83. The van der Waals surface area contributed by atoms with Crippen molar-refractivity contribution in [2.45, 2.75) is 6.04 Å². The molecule has 0 saturated carbocycles. The monoisotopic (exact) mass is 264 g/mol. The minimum Gasteiger partial charge on any atom is -0.314 e. The summed E-state index contributed by atoms with van der Waals surface area (Å²) in [6, 6.07) is -0.366. The Labute approximate surface area is 109 Å². The molecular weight excluding hydrogens is 251 g/mol. The van der Waals surface area contributed by atoms with Crippen molar-refractivity contribution in [3.63, 3.8) is 0 Å². The molecule has 3 heterocycles. The van der Waals surface area contributed by atoms with Crippen LogP contribution in [-0.2, 0) is 4.84 Å². The number of nitrogens with zero attached hydrogens (tertiary/aromatic N) is 4. The predicted octanol–water partition coefficient (Wildman–Crippen LogP) is 1.10. The average molecular weight is 264 g/mol. The highest BCUT2D eigenvalue weighted by atomic mass is 19.1. The number of carbonyl (C=O) groups is 1. The Bertz CT molecular complexity index is 554. The number of aromatic nitrogens is 2. The molecule has 0 aromatic carbocycles. The first-order chi connectivity index (χ1) is 9.19. The number of urea groups is 1. The van der Waals surface area contributed by atoms with Crippen molar-refractivity contribution in [2.75, 3.05) is 19.7 Å². The maximum Gasteiger partial charge on any atom is 0.345 e. The molecule has 2 amide bonds. The van der Waals surface area contributed by atoms with Gasteiger partial charge in [0, 0.05) is 6.54 Å². The van der Waals surface area contributed by atoms with E-state index >= 15 is 0 Å². The number of carbonyl (C=O) groups excluding carboxylic acids is 1. The maximum absolute atomic E-state index is 13.0. The van der Waals surface area contributed by atoms with Gasteiger partial charge in [0.1, 0.15) is 0 Å². The highest BCUT2D eigenvalue weighted by Gasteiger charge is 2.41. The van der Waals surface area contributed by atoms with E-state index in [9.17, 15) is 9.18 Å². The fourth-order valence-electron chi connectivity index (χ4n) is 2.27. The summed E-state index contributed by atoms with van der Waals surface area (Å²) in [5, 5.41) is 5.24. The van der Waals surface area contributed by atoms with Crippen LogP contribution < -0.4 is 0 Å². The van der Waals surface area contributed by atoms with Crippen LogP contribution in [0.1, 0.15) is 0 Å². The first-order valence-electron chi connectivity index (χ1n) is 5.92. The van der Waals surface area contributed by atoms with Gasteiger partial charge < -0.3 is 4.90 Å². The van der Waals surface area contributed by atoms with Crippen LogP contribution in [0, 0.1) is 5.82 Å². The van der Waals surface area contributed by atoms with Crippen molar-refractivity contribution >= 4 is 11.7 Å². The van der Waals surface area contributed by atoms with Crippen molar-refractivity contribution in [3.05, 3.63) is 36.9 Å². The number of hydroxylamine groups is 2. The van der Waals surface area contributed by atoms with Gasteiger partial charge in [-0.15, -0.1) is 6.58 Å². The summed E-state index contributed by atoms with van der Waals surface area (Å²) in [6.45, 7) is 4.79. The van der Waals surface area contributed by atoms with Crippen LogP contribution in [0.5, 0.6) is 0 Å². The predicted molar refractivity (Wildman–Crippen MR) is 65.2 cm³/mol. The molecule has 1 saturated heterocycles. The van der Waals surface area contributed by atoms with E-state index in [1.54, 1.807) is 11.0 Å². The topological polar surface area (TPSA) is 50.6 Å². The van der Waals surface area contributed by atoms with E-state index in [-0.39, 0.29) is 18.7 Å². The van der Waals surface area contributed by atoms with Crippen LogP contribution >= 0.6 is 0 Å². The van der Waals surface area contributed by atoms with Gasteiger partial charge in [-0.1, -0.05) is 6.08 Å². The zero-order chi connectivity index (χ0) is 13.4. The van der Waals surface area contributed by atoms with Gasteiger partial charge in [-0.3, -0.25) is 4.84 Å². The lowest BCUT2D eigenvalue weighted by molar-refractivity contribution is -0.107. The van der Waals surface area contributed by atoms with Crippen molar-refractivity contribution in [1.82, 2.24) is 19.7 Å². The lowest BCUT2D eigenvalue weighted by atomic mass is 10.2. The number of hydrogen-bond donors (Lipinski definition) is 0. The molecule has 1 aromatic rings. The number of amides is 2. The van der Waals surface area contributed by atoms with E-state index < -0.39 is 5.82 Å². The number of halogens is 1. The molecule has 2 bridgehead atoms. The Hall–Kier alpha value is -2.15. The zero-order valence-electron chi connectivity index (χ0n) is 10.2. The van der Waals surface area contributed by atoms with Gasteiger partial charge in [0.05, 0.1) is 37.3 Å². The van der Waals surface area contributed by atoms with Crippen LogP contribution in [0.4, 0.5) is 9.18 Å². The Morgan fingerprint density at radius 1 is 1.63 bits per heavy atom. The molecule has 0 radical (unpaired) electrons. The van der Waals surface area contributed by atoms with Crippen molar-refractivity contribution in [1.29, 1.82) is 0 Å². The SMILES string of the molecule is C=CCON1C(=O)N2CC(n3cc(F)cn3)=CC1C2. The second kappa shape index (κ2) is 4.51. The third kappa shape index (κ3) is 2.01. The third-order valence-corrected chi connectivity index (χ3v) is 3.08. The molecule has 0 aliphatic carbocycles. The normalized spacial score (nSPS) is 21.8. The van der Waals surface area contributed by atoms with Crippen molar-refractivity contribution in [2.24, 2.45) is 0 Å². The van der Waals surface area contributed by atoms with Crippen LogP contribution in [0.15, 0.2) is 31.1 Å². The highest BCUT2D eigenvalue weighted by molar-refractivity contribution is 5.80. The van der Waals surface area contributed by atoms with Gasteiger partial charge >= 0.3 is 6.03 Å². The minimum absolute atomic E-state index is 0.177. The van der Waals surface area contributed by atoms with Crippen LogP contribution in [0.3, 0.4) is 0 Å². The summed E-state index contributed by atoms with van der Waals surface area (Å²) < 4.78 is 14.4. The van der Waals surface area contributed by atoms with Crippen molar-refractivity contribution < 1.29 is 14.0 Å². The summed E-state index contributed by atoms with van der Waals surface area (Å²) in [5.41, 5.74) is 0.762. The lowest BCUT2D eigenvalue weighted by Crippen LogP contribution is -2.33. The fraction of sp³-hybridized carbons (Fsp3) is 0.333. The average Bonchev–Trinajstić information content (AvgIpc) is 2.92. The van der Waals surface area contributed by atoms with Crippen molar-refractivity contribution in [3.8, 4) is 0 Å². The molecule has 0 N–H and O–H groups in total. The largest absolute Gasteiger partial charge is 0.345 e. The summed E-state index contributed by atoms with van der Waals surface area (Å²) in [4.78, 5) is 19.0. The summed E-state index contributed by atoms with van der Waals surface area (Å²) in [6.07, 6.45) is 5.88. The van der Waals surface area contributed by atoms with Gasteiger partial charge in [-0.05, 0) is 6.08 Å². The molecule has 7 heteroatoms. The summed E-state index contributed by atoms with van der Waals surface area (Å²) >= 11 is 0. The Morgan fingerprint density at radius 3 is 3.16 bits per heavy atom. The Balaban J connectivity index is 1.84. The number of rotatable bonds is 4.